The normalized spacial score (nSPS) is 12.5. The van der Waals surface area contributed by atoms with E-state index in [9.17, 15) is 18.0 Å². The Morgan fingerprint density at radius 3 is 2.23 bits per heavy atom. The number of aromatic amines is 1. The van der Waals surface area contributed by atoms with Crippen LogP contribution in [0.2, 0.25) is 0 Å². The zero-order chi connectivity index (χ0) is 22.9. The van der Waals surface area contributed by atoms with Gasteiger partial charge in [-0.05, 0) is 62.9 Å². The van der Waals surface area contributed by atoms with Gasteiger partial charge < -0.3 is 4.98 Å². The van der Waals surface area contributed by atoms with Crippen molar-refractivity contribution in [3.63, 3.8) is 0 Å². The summed E-state index contributed by atoms with van der Waals surface area (Å²) in [4.78, 5) is 28.0. The quantitative estimate of drug-likeness (QED) is 0.454. The lowest BCUT2D eigenvalue weighted by Crippen LogP contribution is -2.51. The van der Waals surface area contributed by atoms with Crippen molar-refractivity contribution < 1.29 is 18.0 Å². The number of aromatic nitrogens is 1. The van der Waals surface area contributed by atoms with Crippen LogP contribution in [0.4, 0.5) is 0 Å². The van der Waals surface area contributed by atoms with Gasteiger partial charge in [-0.1, -0.05) is 24.3 Å². The molecule has 4 N–H and O–H groups in total. The number of nitrogens with one attached hydrogen (secondary N) is 4. The van der Waals surface area contributed by atoms with Gasteiger partial charge in [0, 0.05) is 17.1 Å². The van der Waals surface area contributed by atoms with Crippen molar-refractivity contribution >= 4 is 32.7 Å². The van der Waals surface area contributed by atoms with Crippen LogP contribution in [0, 0.1) is 27.7 Å². The molecule has 1 aromatic heterocycles. The molecule has 0 aliphatic rings. The minimum atomic E-state index is -3.95. The number of H-pyrrole nitrogens is 1. The van der Waals surface area contributed by atoms with E-state index in [0.29, 0.717) is 22.1 Å². The van der Waals surface area contributed by atoms with E-state index in [1.165, 1.54) is 6.92 Å². The fourth-order valence-corrected chi connectivity index (χ4v) is 5.30. The molecule has 9 heteroatoms. The number of hydrogen-bond donors (Lipinski definition) is 4. The number of aryl methyl sites for hydroxylation is 2. The third kappa shape index (κ3) is 4.47. The molecule has 3 rings (SSSR count). The summed E-state index contributed by atoms with van der Waals surface area (Å²) in [6.07, 6.45) is 1.55. The summed E-state index contributed by atoms with van der Waals surface area (Å²) in [6, 6.07) is 8.09. The minimum Gasteiger partial charge on any atom is -0.360 e. The molecule has 0 saturated carbocycles. The van der Waals surface area contributed by atoms with Crippen LogP contribution in [0.3, 0.4) is 0 Å². The third-order valence-electron chi connectivity index (χ3n) is 5.42. The van der Waals surface area contributed by atoms with Crippen molar-refractivity contribution in [3.8, 4) is 0 Å². The van der Waals surface area contributed by atoms with E-state index in [2.05, 4.69) is 20.6 Å². The summed E-state index contributed by atoms with van der Waals surface area (Å²) < 4.78 is 28.4. The molecule has 8 nitrogen and oxygen atoms in total. The van der Waals surface area contributed by atoms with Gasteiger partial charge in [0.05, 0.1) is 16.5 Å². The largest absolute Gasteiger partial charge is 0.360 e. The van der Waals surface area contributed by atoms with Crippen LogP contribution in [0.25, 0.3) is 10.9 Å². The molecule has 0 aliphatic carbocycles. The van der Waals surface area contributed by atoms with Crippen LogP contribution < -0.4 is 15.6 Å². The lowest BCUT2D eigenvalue weighted by Gasteiger charge is -2.19. The van der Waals surface area contributed by atoms with Crippen molar-refractivity contribution in [2.24, 2.45) is 0 Å². The van der Waals surface area contributed by atoms with Gasteiger partial charge in [-0.25, -0.2) is 8.42 Å². The fourth-order valence-electron chi connectivity index (χ4n) is 3.48. The topological polar surface area (TPSA) is 120 Å². The van der Waals surface area contributed by atoms with Gasteiger partial charge in [0.15, 0.2) is 0 Å². The third-order valence-corrected chi connectivity index (χ3v) is 7.24. The Balaban J connectivity index is 1.70. The molecule has 0 fully saturated rings. The Morgan fingerprint density at radius 1 is 0.968 bits per heavy atom. The van der Waals surface area contributed by atoms with Crippen molar-refractivity contribution in [1.82, 2.24) is 20.6 Å². The Hall–Kier alpha value is -3.17. The molecular formula is C22H26N4O4S. The first-order valence-electron chi connectivity index (χ1n) is 9.79. The maximum atomic E-state index is 13.0. The van der Waals surface area contributed by atoms with Crippen LogP contribution in [-0.4, -0.2) is 31.3 Å². The Morgan fingerprint density at radius 2 is 1.58 bits per heavy atom. The second kappa shape index (κ2) is 8.52. The summed E-state index contributed by atoms with van der Waals surface area (Å²) >= 11 is 0. The van der Waals surface area contributed by atoms with Crippen LogP contribution in [-0.2, 0) is 14.8 Å². The van der Waals surface area contributed by atoms with E-state index in [0.717, 1.165) is 16.6 Å². The first-order valence-corrected chi connectivity index (χ1v) is 11.3. The minimum absolute atomic E-state index is 0.174. The monoisotopic (exact) mass is 442 g/mol. The predicted octanol–water partition coefficient (Wildman–Crippen LogP) is 2.53. The SMILES string of the molecule is Cc1cc(C)c(C)c(S(=O)(=O)N[C@@H](C)C(=O)NNC(=O)c2c[nH]c3ccccc23)c1C. The molecule has 0 saturated heterocycles. The fraction of sp³-hybridized carbons (Fsp3) is 0.273. The Bertz CT molecular complexity index is 1250. The first-order chi connectivity index (χ1) is 14.5. The number of carbonyl (C=O) groups is 2. The molecule has 0 bridgehead atoms. The maximum Gasteiger partial charge on any atom is 0.271 e. The van der Waals surface area contributed by atoms with Gasteiger partial charge in [0.2, 0.25) is 10.0 Å². The standard InChI is InChI=1S/C22H26N4O4S/c1-12-10-13(2)15(4)20(14(12)3)31(29,30)26-16(5)21(27)24-25-22(28)18-11-23-19-9-7-6-8-17(18)19/h6-11,16,23,26H,1-5H3,(H,24,27)(H,25,28)/t16-/m0/s1. The molecule has 3 aromatic rings. The number of sulfonamides is 1. The summed E-state index contributed by atoms with van der Waals surface area (Å²) in [5, 5.41) is 0.712. The van der Waals surface area contributed by atoms with Gasteiger partial charge in [-0.2, -0.15) is 4.72 Å². The highest BCUT2D eigenvalue weighted by Gasteiger charge is 2.27. The lowest BCUT2D eigenvalue weighted by atomic mass is 10.0. The average Bonchev–Trinajstić information content (AvgIpc) is 3.14. The van der Waals surface area contributed by atoms with Gasteiger partial charge in [0.1, 0.15) is 0 Å². The van der Waals surface area contributed by atoms with E-state index in [-0.39, 0.29) is 4.90 Å². The molecule has 31 heavy (non-hydrogen) atoms. The number of hydrogen-bond acceptors (Lipinski definition) is 4. The number of carbonyl (C=O) groups excluding carboxylic acids is 2. The number of hydrazine groups is 1. The second-order valence-electron chi connectivity index (χ2n) is 7.62. The Kier molecular flexibility index (Phi) is 6.19. The van der Waals surface area contributed by atoms with Crippen LogP contribution in [0.1, 0.15) is 39.5 Å². The number of amides is 2. The molecule has 164 valence electrons. The molecule has 1 atom stereocenters. The van der Waals surface area contributed by atoms with E-state index in [4.69, 9.17) is 0 Å². The average molecular weight is 443 g/mol. The summed E-state index contributed by atoms with van der Waals surface area (Å²) in [5.74, 6) is -1.20. The first kappa shape index (κ1) is 22.5. The molecule has 1 heterocycles. The van der Waals surface area contributed by atoms with Crippen molar-refractivity contribution in [3.05, 3.63) is 64.3 Å². The molecule has 0 unspecified atom stereocenters. The van der Waals surface area contributed by atoms with Crippen LogP contribution >= 0.6 is 0 Å². The van der Waals surface area contributed by atoms with Crippen LogP contribution in [0.15, 0.2) is 41.4 Å². The molecule has 0 spiro atoms. The molecular weight excluding hydrogens is 416 g/mol. The van der Waals surface area contributed by atoms with Crippen LogP contribution in [0.5, 0.6) is 0 Å². The highest BCUT2D eigenvalue weighted by Crippen LogP contribution is 2.26. The van der Waals surface area contributed by atoms with Crippen molar-refractivity contribution in [2.75, 3.05) is 0 Å². The summed E-state index contributed by atoms with van der Waals surface area (Å²) in [6.45, 7) is 8.58. The van der Waals surface area contributed by atoms with Gasteiger partial charge >= 0.3 is 0 Å². The summed E-state index contributed by atoms with van der Waals surface area (Å²) in [5.41, 5.74) is 8.75. The maximum absolute atomic E-state index is 13.0. The van der Waals surface area contributed by atoms with Gasteiger partial charge in [-0.3, -0.25) is 20.4 Å². The number of para-hydroxylation sites is 1. The predicted molar refractivity (Wildman–Crippen MR) is 119 cm³/mol. The molecule has 2 amide bonds. The van der Waals surface area contributed by atoms with Crippen molar-refractivity contribution in [2.45, 2.75) is 45.6 Å². The zero-order valence-electron chi connectivity index (χ0n) is 18.1. The Labute approximate surface area is 181 Å². The zero-order valence-corrected chi connectivity index (χ0v) is 18.9. The smallest absolute Gasteiger partial charge is 0.271 e. The van der Waals surface area contributed by atoms with Gasteiger partial charge in [0.25, 0.3) is 11.8 Å². The van der Waals surface area contributed by atoms with E-state index < -0.39 is 27.9 Å². The van der Waals surface area contributed by atoms with E-state index in [1.54, 1.807) is 32.2 Å². The molecule has 0 aliphatic heterocycles. The van der Waals surface area contributed by atoms with E-state index in [1.807, 2.05) is 32.0 Å². The number of fused-ring (bicyclic) bond motifs is 1. The highest BCUT2D eigenvalue weighted by molar-refractivity contribution is 7.89. The highest BCUT2D eigenvalue weighted by atomic mass is 32.2. The molecule has 0 radical (unpaired) electrons. The lowest BCUT2D eigenvalue weighted by molar-refractivity contribution is -0.123. The summed E-state index contributed by atoms with van der Waals surface area (Å²) in [7, 11) is -3.95. The second-order valence-corrected chi connectivity index (χ2v) is 9.27. The number of benzene rings is 2. The van der Waals surface area contributed by atoms with E-state index >= 15 is 0 Å². The number of rotatable bonds is 5. The van der Waals surface area contributed by atoms with Crippen molar-refractivity contribution in [1.29, 1.82) is 0 Å². The van der Waals surface area contributed by atoms with Gasteiger partial charge in [-0.15, -0.1) is 0 Å². The molecule has 2 aromatic carbocycles.